The first kappa shape index (κ1) is 22.6. The molecule has 27 heavy (non-hydrogen) atoms. The molecule has 1 aromatic carbocycles. The van der Waals surface area contributed by atoms with Gasteiger partial charge in [0.05, 0.1) is 5.69 Å². The highest BCUT2D eigenvalue weighted by Crippen LogP contribution is 2.35. The number of carbonyl (C=O) groups is 1. The van der Waals surface area contributed by atoms with Crippen molar-refractivity contribution < 1.29 is 9.90 Å². The summed E-state index contributed by atoms with van der Waals surface area (Å²) >= 11 is 0. The topological polar surface area (TPSA) is 66.6 Å². The van der Waals surface area contributed by atoms with Crippen LogP contribution in [-0.2, 0) is 11.2 Å². The molecule has 0 aromatic heterocycles. The highest BCUT2D eigenvalue weighted by Gasteiger charge is 2.31. The Bertz CT molecular complexity index is 728. The molecule has 0 radical (unpaired) electrons. The fourth-order valence-corrected chi connectivity index (χ4v) is 3.05. The molecular weight excluding hydrogens is 336 g/mol. The molecule has 1 unspecified atom stereocenters. The molecule has 0 aliphatic carbocycles. The predicted molar refractivity (Wildman–Crippen MR) is 115 cm³/mol. The molecule has 1 aliphatic rings. The normalized spacial score (nSPS) is 19.2. The van der Waals surface area contributed by atoms with Gasteiger partial charge in [-0.2, -0.15) is 0 Å². The van der Waals surface area contributed by atoms with Gasteiger partial charge in [-0.15, -0.1) is 0 Å². The number of amides is 1. The number of aromatic hydroxyl groups is 1. The van der Waals surface area contributed by atoms with E-state index >= 15 is 0 Å². The fraction of sp³-hybridized carbons (Fsp3) is 0.435. The number of benzene rings is 1. The summed E-state index contributed by atoms with van der Waals surface area (Å²) in [7, 11) is 0. The molecule has 2 atom stereocenters. The van der Waals surface area contributed by atoms with E-state index in [1.807, 2.05) is 30.4 Å². The van der Waals surface area contributed by atoms with Crippen molar-refractivity contribution in [2.75, 3.05) is 4.90 Å². The molecule has 0 saturated carbocycles. The zero-order valence-corrected chi connectivity index (χ0v) is 17.5. The van der Waals surface area contributed by atoms with Crippen LogP contribution < -0.4 is 10.6 Å². The molecular formula is C23H34N2O2. The summed E-state index contributed by atoms with van der Waals surface area (Å²) in [4.78, 5) is 13.5. The molecule has 1 aromatic rings. The molecule has 0 bridgehead atoms. The molecule has 4 nitrogen and oxygen atoms in total. The number of nitrogens with two attached hydrogens (primary N) is 1. The fourth-order valence-electron chi connectivity index (χ4n) is 3.05. The maximum absolute atomic E-state index is 11.7. The SMILES string of the molecule is CC(=O)N1c2cc(O)ccc2CC(C)[C@@H]1C.CC/C=C(N)/C=C\C=C(C)C. The molecule has 3 N–H and O–H groups in total. The predicted octanol–water partition coefficient (Wildman–Crippen LogP) is 5.09. The lowest BCUT2D eigenvalue weighted by molar-refractivity contribution is -0.117. The average molecular weight is 371 g/mol. The number of hydrogen-bond donors (Lipinski definition) is 2. The second-order valence-electron chi connectivity index (χ2n) is 7.34. The number of rotatable bonds is 3. The minimum atomic E-state index is 0.0332. The summed E-state index contributed by atoms with van der Waals surface area (Å²) in [6, 6.07) is 5.45. The zero-order chi connectivity index (χ0) is 20.6. The quantitative estimate of drug-likeness (QED) is 0.729. The van der Waals surface area contributed by atoms with Crippen LogP contribution in [-0.4, -0.2) is 17.1 Å². The van der Waals surface area contributed by atoms with E-state index in [0.29, 0.717) is 5.92 Å². The highest BCUT2D eigenvalue weighted by atomic mass is 16.3. The number of anilines is 1. The van der Waals surface area contributed by atoms with E-state index in [1.165, 1.54) is 5.57 Å². The summed E-state index contributed by atoms with van der Waals surface area (Å²) in [5.41, 5.74) is 9.73. The lowest BCUT2D eigenvalue weighted by atomic mass is 9.87. The first-order chi connectivity index (χ1) is 12.7. The molecule has 1 amide bonds. The molecule has 0 saturated heterocycles. The van der Waals surface area contributed by atoms with Gasteiger partial charge in [0.15, 0.2) is 0 Å². The molecule has 2 rings (SSSR count). The zero-order valence-electron chi connectivity index (χ0n) is 17.5. The first-order valence-corrected chi connectivity index (χ1v) is 9.56. The summed E-state index contributed by atoms with van der Waals surface area (Å²) in [6.07, 6.45) is 9.87. The van der Waals surface area contributed by atoms with Crippen LogP contribution in [0.5, 0.6) is 5.75 Å². The third-order valence-electron chi connectivity index (χ3n) is 4.60. The van der Waals surface area contributed by atoms with Crippen molar-refractivity contribution in [2.45, 2.75) is 60.4 Å². The van der Waals surface area contributed by atoms with Crippen molar-refractivity contribution in [1.29, 1.82) is 0 Å². The Morgan fingerprint density at radius 2 is 1.96 bits per heavy atom. The van der Waals surface area contributed by atoms with Gasteiger partial charge in [-0.3, -0.25) is 4.79 Å². The van der Waals surface area contributed by atoms with Crippen molar-refractivity contribution in [3.63, 3.8) is 0 Å². The molecule has 1 aliphatic heterocycles. The van der Waals surface area contributed by atoms with Crippen molar-refractivity contribution in [3.05, 3.63) is 59.3 Å². The molecule has 4 heteroatoms. The minimum absolute atomic E-state index is 0.0332. The van der Waals surface area contributed by atoms with Gasteiger partial charge >= 0.3 is 0 Å². The third kappa shape index (κ3) is 6.97. The van der Waals surface area contributed by atoms with E-state index in [9.17, 15) is 9.90 Å². The summed E-state index contributed by atoms with van der Waals surface area (Å²) in [5.74, 6) is 0.693. The maximum Gasteiger partial charge on any atom is 0.224 e. The van der Waals surface area contributed by atoms with Crippen molar-refractivity contribution in [2.24, 2.45) is 11.7 Å². The number of allylic oxidation sites excluding steroid dienone is 5. The average Bonchev–Trinajstić information content (AvgIpc) is 2.56. The number of fused-ring (bicyclic) bond motifs is 1. The van der Waals surface area contributed by atoms with E-state index in [2.05, 4.69) is 34.6 Å². The Labute approximate surface area is 164 Å². The Kier molecular flexibility index (Phi) is 8.86. The van der Waals surface area contributed by atoms with E-state index in [0.717, 1.165) is 29.8 Å². The number of nitrogens with zero attached hydrogens (tertiary/aromatic N) is 1. The lowest BCUT2D eigenvalue weighted by Gasteiger charge is -2.38. The van der Waals surface area contributed by atoms with Crippen LogP contribution in [0.3, 0.4) is 0 Å². The Morgan fingerprint density at radius 3 is 2.52 bits per heavy atom. The number of carbonyl (C=O) groups excluding carboxylic acids is 1. The molecule has 0 fully saturated rings. The molecule has 1 heterocycles. The largest absolute Gasteiger partial charge is 0.508 e. The Morgan fingerprint density at radius 1 is 1.30 bits per heavy atom. The van der Waals surface area contributed by atoms with Gasteiger partial charge in [0, 0.05) is 24.7 Å². The van der Waals surface area contributed by atoms with Crippen LogP contribution >= 0.6 is 0 Å². The Hall–Kier alpha value is -2.49. The van der Waals surface area contributed by atoms with Gasteiger partial charge in [0.2, 0.25) is 5.91 Å². The Balaban J connectivity index is 0.000000293. The van der Waals surface area contributed by atoms with Crippen LogP contribution in [0.1, 0.15) is 53.5 Å². The van der Waals surface area contributed by atoms with Crippen LogP contribution in [0.2, 0.25) is 0 Å². The van der Waals surface area contributed by atoms with Crippen LogP contribution in [0.4, 0.5) is 5.69 Å². The first-order valence-electron chi connectivity index (χ1n) is 9.56. The number of hydrogen-bond acceptors (Lipinski definition) is 3. The minimum Gasteiger partial charge on any atom is -0.508 e. The van der Waals surface area contributed by atoms with Gasteiger partial charge < -0.3 is 15.7 Å². The van der Waals surface area contributed by atoms with Gasteiger partial charge in [-0.25, -0.2) is 0 Å². The second kappa shape index (κ2) is 10.6. The monoisotopic (exact) mass is 370 g/mol. The van der Waals surface area contributed by atoms with Gasteiger partial charge in [0.25, 0.3) is 0 Å². The maximum atomic E-state index is 11.7. The van der Waals surface area contributed by atoms with E-state index in [1.54, 1.807) is 24.0 Å². The van der Waals surface area contributed by atoms with Crippen LogP contribution in [0.15, 0.2) is 53.8 Å². The molecule has 148 valence electrons. The van der Waals surface area contributed by atoms with Crippen molar-refractivity contribution in [3.8, 4) is 5.75 Å². The molecule has 0 spiro atoms. The van der Waals surface area contributed by atoms with Gasteiger partial charge in [-0.1, -0.05) is 43.7 Å². The van der Waals surface area contributed by atoms with Gasteiger partial charge in [0.1, 0.15) is 5.75 Å². The third-order valence-corrected chi connectivity index (χ3v) is 4.60. The summed E-state index contributed by atoms with van der Waals surface area (Å²) < 4.78 is 0. The van der Waals surface area contributed by atoms with E-state index in [4.69, 9.17) is 5.73 Å². The van der Waals surface area contributed by atoms with Crippen LogP contribution in [0.25, 0.3) is 0 Å². The second-order valence-corrected chi connectivity index (χ2v) is 7.34. The van der Waals surface area contributed by atoms with E-state index in [-0.39, 0.29) is 17.7 Å². The lowest BCUT2D eigenvalue weighted by Crippen LogP contribution is -2.45. The van der Waals surface area contributed by atoms with E-state index < -0.39 is 0 Å². The van der Waals surface area contributed by atoms with Crippen molar-refractivity contribution >= 4 is 11.6 Å². The van der Waals surface area contributed by atoms with Crippen molar-refractivity contribution in [1.82, 2.24) is 0 Å². The smallest absolute Gasteiger partial charge is 0.224 e. The summed E-state index contributed by atoms with van der Waals surface area (Å²) in [5, 5.41) is 9.50. The highest BCUT2D eigenvalue weighted by molar-refractivity contribution is 5.93. The summed E-state index contributed by atoms with van der Waals surface area (Å²) in [6.45, 7) is 12.0. The standard InChI is InChI=1S/C13H17NO2.C10H17N/c1-8-6-11-4-5-12(16)7-13(11)14(9(8)2)10(3)15;1-4-6-10(11)8-5-7-9(2)3/h4-5,7-9,16H,6H2,1-3H3;5-8H,4,11H2,1-3H3/b;8-5-,10-6-/t8?,9-;/m0./s1. The van der Waals surface area contributed by atoms with Crippen LogP contribution in [0, 0.1) is 5.92 Å². The number of phenolic OH excluding ortho intramolecular Hbond substituents is 1. The number of phenols is 1. The van der Waals surface area contributed by atoms with Gasteiger partial charge in [-0.05, 0) is 57.2 Å².